The highest BCUT2D eigenvalue weighted by Gasteiger charge is 2.30. The molecule has 0 atom stereocenters. The van der Waals surface area contributed by atoms with Crippen molar-refractivity contribution in [1.82, 2.24) is 29.9 Å². The topological polar surface area (TPSA) is 68.4 Å². The van der Waals surface area contributed by atoms with Crippen LogP contribution in [0, 0.1) is 0 Å². The summed E-state index contributed by atoms with van der Waals surface area (Å²) in [7, 11) is 4.17. The van der Waals surface area contributed by atoms with Crippen LogP contribution < -0.4 is 0 Å². The molecule has 1 N–H and O–H groups in total. The van der Waals surface area contributed by atoms with Gasteiger partial charge in [0.05, 0.1) is 0 Å². The molecule has 116 valence electrons. The van der Waals surface area contributed by atoms with Crippen LogP contribution in [-0.4, -0.2) is 89.2 Å². The fourth-order valence-corrected chi connectivity index (χ4v) is 2.57. The summed E-state index contributed by atoms with van der Waals surface area (Å²) in [5.41, 5.74) is 0. The van der Waals surface area contributed by atoms with Crippen LogP contribution in [0.4, 0.5) is 0 Å². The molecule has 1 amide bonds. The summed E-state index contributed by atoms with van der Waals surface area (Å²) in [6, 6.07) is 0. The molecular weight excluding hydrogens is 268 g/mol. The van der Waals surface area contributed by atoms with Crippen LogP contribution in [0.15, 0.2) is 0 Å². The second-order valence-electron chi connectivity index (χ2n) is 6.26. The number of H-pyrrole nitrogens is 1. The molecule has 21 heavy (non-hydrogen) atoms. The number of nitrogens with one attached hydrogen (secondary N) is 1. The van der Waals surface area contributed by atoms with Crippen molar-refractivity contribution >= 4 is 5.91 Å². The van der Waals surface area contributed by atoms with E-state index < -0.39 is 0 Å². The van der Waals surface area contributed by atoms with E-state index in [4.69, 9.17) is 0 Å². The molecule has 1 aromatic heterocycles. The number of amides is 1. The Labute approximate surface area is 125 Å². The van der Waals surface area contributed by atoms with E-state index in [0.29, 0.717) is 11.7 Å². The van der Waals surface area contributed by atoms with Crippen molar-refractivity contribution in [3.05, 3.63) is 11.6 Å². The lowest BCUT2D eigenvalue weighted by atomic mass is 10.3. The van der Waals surface area contributed by atoms with Crippen LogP contribution in [-0.2, 0) is 0 Å². The van der Waals surface area contributed by atoms with E-state index >= 15 is 0 Å². The third kappa shape index (κ3) is 3.59. The van der Waals surface area contributed by atoms with Gasteiger partial charge in [-0.3, -0.25) is 14.8 Å². The lowest BCUT2D eigenvalue weighted by Gasteiger charge is -2.34. The number of hydrogen-bond acceptors (Lipinski definition) is 5. The van der Waals surface area contributed by atoms with Gasteiger partial charge in [-0.15, -0.1) is 5.10 Å². The minimum Gasteiger partial charge on any atom is -0.333 e. The summed E-state index contributed by atoms with van der Waals surface area (Å²) in [6.45, 7) is 5.50. The zero-order valence-electron chi connectivity index (χ0n) is 12.9. The van der Waals surface area contributed by atoms with Crippen LogP contribution in [0.3, 0.4) is 0 Å². The molecular formula is C14H24N6O. The minimum absolute atomic E-state index is 0.0367. The second kappa shape index (κ2) is 6.11. The lowest BCUT2D eigenvalue weighted by molar-refractivity contribution is 0.0618. The molecule has 7 heteroatoms. The normalized spacial score (nSPS) is 20.2. The van der Waals surface area contributed by atoms with Crippen molar-refractivity contribution < 1.29 is 4.79 Å². The van der Waals surface area contributed by atoms with E-state index in [2.05, 4.69) is 39.1 Å². The maximum atomic E-state index is 12.4. The molecule has 1 aromatic rings. The van der Waals surface area contributed by atoms with Crippen molar-refractivity contribution in [2.45, 2.75) is 18.8 Å². The van der Waals surface area contributed by atoms with Gasteiger partial charge in [0.1, 0.15) is 5.82 Å². The van der Waals surface area contributed by atoms with Gasteiger partial charge in [0.25, 0.3) is 5.91 Å². The average molecular weight is 292 g/mol. The maximum absolute atomic E-state index is 12.4. The standard InChI is InChI=1S/C14H24N6O/c1-18(2)5-6-19-7-9-20(10-8-19)14(21)13-15-12(16-17-13)11-3-4-11/h11H,3-10H2,1-2H3,(H,15,16,17). The van der Waals surface area contributed by atoms with Gasteiger partial charge in [0.2, 0.25) is 5.82 Å². The number of piperazine rings is 1. The summed E-state index contributed by atoms with van der Waals surface area (Å²) in [4.78, 5) is 23.2. The van der Waals surface area contributed by atoms with Gasteiger partial charge in [-0.05, 0) is 26.9 Å². The summed E-state index contributed by atoms with van der Waals surface area (Å²) >= 11 is 0. The van der Waals surface area contributed by atoms with E-state index in [1.165, 1.54) is 0 Å². The van der Waals surface area contributed by atoms with Gasteiger partial charge in [-0.2, -0.15) is 0 Å². The van der Waals surface area contributed by atoms with Gasteiger partial charge in [0, 0.05) is 45.2 Å². The zero-order chi connectivity index (χ0) is 14.8. The first-order valence-corrected chi connectivity index (χ1v) is 7.72. The van der Waals surface area contributed by atoms with E-state index in [0.717, 1.165) is 57.9 Å². The Balaban J connectivity index is 1.50. The first kappa shape index (κ1) is 14.5. The predicted octanol–water partition coefficient (Wildman–Crippen LogP) is 0.00150. The number of nitrogens with zero attached hydrogens (tertiary/aromatic N) is 5. The largest absolute Gasteiger partial charge is 0.333 e. The van der Waals surface area contributed by atoms with E-state index in [1.807, 2.05) is 4.90 Å². The molecule has 2 aliphatic rings. The molecule has 1 aliphatic carbocycles. The van der Waals surface area contributed by atoms with Crippen LogP contribution in [0.2, 0.25) is 0 Å². The third-order valence-electron chi connectivity index (χ3n) is 4.18. The van der Waals surface area contributed by atoms with Crippen molar-refractivity contribution in [3.63, 3.8) is 0 Å². The monoisotopic (exact) mass is 292 g/mol. The fraction of sp³-hybridized carbons (Fsp3) is 0.786. The van der Waals surface area contributed by atoms with E-state index in [1.54, 1.807) is 0 Å². The van der Waals surface area contributed by atoms with Gasteiger partial charge in [0.15, 0.2) is 0 Å². The summed E-state index contributed by atoms with van der Waals surface area (Å²) in [5, 5.41) is 6.99. The van der Waals surface area contributed by atoms with E-state index in [-0.39, 0.29) is 5.91 Å². The molecule has 2 heterocycles. The third-order valence-corrected chi connectivity index (χ3v) is 4.18. The molecule has 0 bridgehead atoms. The highest BCUT2D eigenvalue weighted by atomic mass is 16.2. The van der Waals surface area contributed by atoms with Crippen molar-refractivity contribution in [2.75, 3.05) is 53.4 Å². The predicted molar refractivity (Wildman–Crippen MR) is 79.3 cm³/mol. The minimum atomic E-state index is -0.0367. The van der Waals surface area contributed by atoms with Crippen molar-refractivity contribution in [1.29, 1.82) is 0 Å². The number of carbonyl (C=O) groups excluding carboxylic acids is 1. The van der Waals surface area contributed by atoms with Crippen LogP contribution in [0.25, 0.3) is 0 Å². The molecule has 1 saturated heterocycles. The molecule has 3 rings (SSSR count). The Kier molecular flexibility index (Phi) is 4.21. The quantitative estimate of drug-likeness (QED) is 0.827. The highest BCUT2D eigenvalue weighted by Crippen LogP contribution is 2.37. The number of aromatic amines is 1. The highest BCUT2D eigenvalue weighted by molar-refractivity contribution is 5.90. The Morgan fingerprint density at radius 1 is 1.29 bits per heavy atom. The molecule has 7 nitrogen and oxygen atoms in total. The molecule has 1 saturated carbocycles. The Morgan fingerprint density at radius 2 is 2.00 bits per heavy atom. The number of likely N-dealkylation sites (N-methyl/N-ethyl adjacent to an activating group) is 1. The first-order chi connectivity index (χ1) is 10.1. The van der Waals surface area contributed by atoms with Gasteiger partial charge in [-0.25, -0.2) is 4.98 Å². The van der Waals surface area contributed by atoms with Crippen molar-refractivity contribution in [3.8, 4) is 0 Å². The summed E-state index contributed by atoms with van der Waals surface area (Å²) in [6.07, 6.45) is 2.32. The maximum Gasteiger partial charge on any atom is 0.293 e. The second-order valence-corrected chi connectivity index (χ2v) is 6.26. The Morgan fingerprint density at radius 3 is 2.62 bits per heavy atom. The Hall–Kier alpha value is -1.47. The smallest absolute Gasteiger partial charge is 0.293 e. The number of carbonyl (C=O) groups is 1. The zero-order valence-corrected chi connectivity index (χ0v) is 12.9. The molecule has 2 fully saturated rings. The fourth-order valence-electron chi connectivity index (χ4n) is 2.57. The van der Waals surface area contributed by atoms with Gasteiger partial charge >= 0.3 is 0 Å². The number of hydrogen-bond donors (Lipinski definition) is 1. The lowest BCUT2D eigenvalue weighted by Crippen LogP contribution is -2.50. The average Bonchev–Trinajstić information content (AvgIpc) is 3.22. The number of aromatic nitrogens is 3. The molecule has 0 unspecified atom stereocenters. The van der Waals surface area contributed by atoms with Crippen LogP contribution in [0.5, 0.6) is 0 Å². The van der Waals surface area contributed by atoms with Crippen LogP contribution >= 0.6 is 0 Å². The molecule has 0 aromatic carbocycles. The molecule has 0 radical (unpaired) electrons. The van der Waals surface area contributed by atoms with Gasteiger partial charge in [-0.1, -0.05) is 0 Å². The van der Waals surface area contributed by atoms with Gasteiger partial charge < -0.3 is 9.80 Å². The SMILES string of the molecule is CN(C)CCN1CCN(C(=O)c2n[nH]c(C3CC3)n2)CC1. The van der Waals surface area contributed by atoms with Crippen molar-refractivity contribution in [2.24, 2.45) is 0 Å². The first-order valence-electron chi connectivity index (χ1n) is 7.72. The number of rotatable bonds is 5. The summed E-state index contributed by atoms with van der Waals surface area (Å²) in [5.74, 6) is 1.67. The Bertz CT molecular complexity index is 487. The summed E-state index contributed by atoms with van der Waals surface area (Å²) < 4.78 is 0. The molecule has 1 aliphatic heterocycles. The van der Waals surface area contributed by atoms with Crippen LogP contribution in [0.1, 0.15) is 35.2 Å². The van der Waals surface area contributed by atoms with E-state index in [9.17, 15) is 4.79 Å². The molecule has 0 spiro atoms.